The van der Waals surface area contributed by atoms with Gasteiger partial charge in [-0.05, 0) is 25.0 Å². The zero-order chi connectivity index (χ0) is 15.9. The molecule has 23 heavy (non-hydrogen) atoms. The molecule has 2 aromatic heterocycles. The summed E-state index contributed by atoms with van der Waals surface area (Å²) in [7, 11) is 0. The van der Waals surface area contributed by atoms with Crippen LogP contribution in [-0.2, 0) is 0 Å². The molecular weight excluding hydrogens is 292 g/mol. The van der Waals surface area contributed by atoms with E-state index in [1.165, 1.54) is 0 Å². The molecule has 1 aliphatic carbocycles. The van der Waals surface area contributed by atoms with Gasteiger partial charge in [-0.2, -0.15) is 5.10 Å². The number of hydrazone groups is 1. The summed E-state index contributed by atoms with van der Waals surface area (Å²) in [6.07, 6.45) is 8.65. The van der Waals surface area contributed by atoms with Gasteiger partial charge in [0, 0.05) is 31.2 Å². The largest absolute Gasteiger partial charge is 0.460 e. The van der Waals surface area contributed by atoms with Crippen molar-refractivity contribution in [1.82, 2.24) is 20.0 Å². The van der Waals surface area contributed by atoms with Crippen molar-refractivity contribution in [2.24, 2.45) is 5.10 Å². The first-order valence-corrected chi connectivity index (χ1v) is 7.68. The summed E-state index contributed by atoms with van der Waals surface area (Å²) < 4.78 is 6.12. The van der Waals surface area contributed by atoms with Crippen LogP contribution in [0.15, 0.2) is 42.0 Å². The quantitative estimate of drug-likeness (QED) is 0.926. The lowest BCUT2D eigenvalue weighted by molar-refractivity contribution is 0.0690. The van der Waals surface area contributed by atoms with Crippen molar-refractivity contribution in [2.75, 3.05) is 12.3 Å². The van der Waals surface area contributed by atoms with Crippen molar-refractivity contribution in [3.05, 3.63) is 42.5 Å². The Balaban J connectivity index is 1.55. The van der Waals surface area contributed by atoms with E-state index in [4.69, 9.17) is 15.6 Å². The lowest BCUT2D eigenvalue weighted by atomic mass is 9.78. The highest BCUT2D eigenvalue weighted by Crippen LogP contribution is 2.42. The van der Waals surface area contributed by atoms with Crippen molar-refractivity contribution in [3.8, 4) is 5.88 Å². The molecule has 2 aromatic rings. The number of hydrogen-bond donors (Lipinski definition) is 1. The van der Waals surface area contributed by atoms with Crippen LogP contribution >= 0.6 is 0 Å². The van der Waals surface area contributed by atoms with Crippen LogP contribution < -0.4 is 10.5 Å². The smallest absolute Gasteiger partial charge is 0.258 e. The van der Waals surface area contributed by atoms with E-state index in [9.17, 15) is 0 Å². The highest BCUT2D eigenvalue weighted by molar-refractivity contribution is 5.99. The van der Waals surface area contributed by atoms with Crippen LogP contribution in [0.2, 0.25) is 0 Å². The normalized spacial score (nSPS) is 23.7. The molecule has 118 valence electrons. The van der Waals surface area contributed by atoms with Gasteiger partial charge in [-0.15, -0.1) is 0 Å². The van der Waals surface area contributed by atoms with Gasteiger partial charge in [-0.1, -0.05) is 6.07 Å². The molecule has 0 amide bonds. The molecule has 3 heterocycles. The second-order valence-corrected chi connectivity index (χ2v) is 5.95. The minimum Gasteiger partial charge on any atom is -0.460 e. The Morgan fingerprint density at radius 2 is 2.17 bits per heavy atom. The van der Waals surface area contributed by atoms with Gasteiger partial charge >= 0.3 is 0 Å². The summed E-state index contributed by atoms with van der Waals surface area (Å²) in [5, 5.41) is 6.80. The summed E-state index contributed by atoms with van der Waals surface area (Å²) >= 11 is 0. The van der Waals surface area contributed by atoms with E-state index < -0.39 is 5.60 Å². The molecule has 7 heteroatoms. The fourth-order valence-electron chi connectivity index (χ4n) is 3.04. The maximum atomic E-state index is 6.12. The predicted octanol–water partition coefficient (Wildman–Crippen LogP) is 1.80. The number of pyridine rings is 1. The maximum absolute atomic E-state index is 6.12. The van der Waals surface area contributed by atoms with E-state index in [1.54, 1.807) is 18.6 Å². The average Bonchev–Trinajstić information content (AvgIpc) is 2.82. The Morgan fingerprint density at radius 1 is 1.30 bits per heavy atom. The number of hydrogen-bond acceptors (Lipinski definition) is 7. The van der Waals surface area contributed by atoms with Crippen molar-refractivity contribution < 1.29 is 4.74 Å². The summed E-state index contributed by atoms with van der Waals surface area (Å²) in [5.74, 6) is 0.697. The number of rotatable bonds is 4. The number of fused-ring (bicyclic) bond motifs is 1. The Hall–Kier alpha value is -2.70. The SMILES string of the molecule is CC(c1cccnc1)N1CC2(Oc3nccnc3N)CCC2=N1. The van der Waals surface area contributed by atoms with Crippen LogP contribution in [-0.4, -0.2) is 37.8 Å². The third kappa shape index (κ3) is 2.28. The predicted molar refractivity (Wildman–Crippen MR) is 85.8 cm³/mol. The molecule has 0 spiro atoms. The Kier molecular flexibility index (Phi) is 3.14. The van der Waals surface area contributed by atoms with Crippen LogP contribution in [0.25, 0.3) is 0 Å². The van der Waals surface area contributed by atoms with Crippen LogP contribution in [0.4, 0.5) is 5.82 Å². The molecule has 0 bridgehead atoms. The summed E-state index contributed by atoms with van der Waals surface area (Å²) in [4.78, 5) is 12.4. The van der Waals surface area contributed by atoms with Crippen LogP contribution in [0.3, 0.4) is 0 Å². The number of nitrogens with zero attached hydrogens (tertiary/aromatic N) is 5. The number of nitrogens with two attached hydrogens (primary N) is 1. The standard InChI is InChI=1S/C16H18N6O/c1-11(12-3-2-6-18-9-12)22-10-16(5-4-13(16)21-22)23-15-14(17)19-7-8-20-15/h2-3,6-9,11H,4-5,10H2,1H3,(H2,17,19). The van der Waals surface area contributed by atoms with Gasteiger partial charge in [-0.3, -0.25) is 9.99 Å². The number of aromatic nitrogens is 3. The van der Waals surface area contributed by atoms with Gasteiger partial charge in [0.05, 0.1) is 18.3 Å². The first-order chi connectivity index (χ1) is 11.2. The maximum Gasteiger partial charge on any atom is 0.258 e. The van der Waals surface area contributed by atoms with Gasteiger partial charge in [-0.25, -0.2) is 9.97 Å². The minimum atomic E-state index is -0.416. The Morgan fingerprint density at radius 3 is 2.87 bits per heavy atom. The van der Waals surface area contributed by atoms with Gasteiger partial charge in [0.15, 0.2) is 11.4 Å². The molecule has 0 aromatic carbocycles. The fourth-order valence-corrected chi connectivity index (χ4v) is 3.04. The fraction of sp³-hybridized carbons (Fsp3) is 0.375. The topological polar surface area (TPSA) is 89.5 Å². The van der Waals surface area contributed by atoms with E-state index in [1.807, 2.05) is 12.3 Å². The van der Waals surface area contributed by atoms with E-state index in [0.717, 1.165) is 24.1 Å². The zero-order valence-corrected chi connectivity index (χ0v) is 12.9. The first-order valence-electron chi connectivity index (χ1n) is 7.68. The molecule has 1 fully saturated rings. The number of anilines is 1. The molecule has 7 nitrogen and oxygen atoms in total. The second kappa shape index (κ2) is 5.19. The van der Waals surface area contributed by atoms with E-state index in [2.05, 4.69) is 33.0 Å². The lowest BCUT2D eigenvalue weighted by Crippen LogP contribution is -2.54. The minimum absolute atomic E-state index is 0.140. The van der Waals surface area contributed by atoms with Crippen molar-refractivity contribution >= 4 is 11.5 Å². The third-order valence-electron chi connectivity index (χ3n) is 4.56. The van der Waals surface area contributed by atoms with Crippen LogP contribution in [0.1, 0.15) is 31.4 Å². The number of nitrogen functional groups attached to an aromatic ring is 1. The summed E-state index contributed by atoms with van der Waals surface area (Å²) in [6.45, 7) is 2.81. The average molecular weight is 310 g/mol. The molecule has 1 aliphatic heterocycles. The Bertz CT molecular complexity index is 749. The van der Waals surface area contributed by atoms with Crippen LogP contribution in [0, 0.1) is 0 Å². The molecule has 2 unspecified atom stereocenters. The second-order valence-electron chi connectivity index (χ2n) is 5.95. The number of ether oxygens (including phenoxy) is 1. The molecule has 1 saturated carbocycles. The van der Waals surface area contributed by atoms with Gasteiger partial charge in [0.1, 0.15) is 0 Å². The lowest BCUT2D eigenvalue weighted by Gasteiger charge is -2.38. The third-order valence-corrected chi connectivity index (χ3v) is 4.56. The van der Waals surface area contributed by atoms with Gasteiger partial charge < -0.3 is 10.5 Å². The van der Waals surface area contributed by atoms with Crippen LogP contribution in [0.5, 0.6) is 5.88 Å². The van der Waals surface area contributed by atoms with Crippen molar-refractivity contribution in [1.29, 1.82) is 0 Å². The highest BCUT2D eigenvalue weighted by Gasteiger charge is 2.53. The highest BCUT2D eigenvalue weighted by atomic mass is 16.5. The van der Waals surface area contributed by atoms with Crippen molar-refractivity contribution in [2.45, 2.75) is 31.4 Å². The van der Waals surface area contributed by atoms with Gasteiger partial charge in [0.25, 0.3) is 5.88 Å². The Labute approximate surface area is 134 Å². The summed E-state index contributed by atoms with van der Waals surface area (Å²) in [5.41, 5.74) is 7.62. The van der Waals surface area contributed by atoms with Crippen molar-refractivity contribution in [3.63, 3.8) is 0 Å². The van der Waals surface area contributed by atoms with E-state index >= 15 is 0 Å². The van der Waals surface area contributed by atoms with E-state index in [0.29, 0.717) is 18.2 Å². The molecular formula is C16H18N6O. The van der Waals surface area contributed by atoms with E-state index in [-0.39, 0.29) is 6.04 Å². The molecule has 2 N–H and O–H groups in total. The molecule has 4 rings (SSSR count). The monoisotopic (exact) mass is 310 g/mol. The molecule has 2 atom stereocenters. The molecule has 2 aliphatic rings. The van der Waals surface area contributed by atoms with Gasteiger partial charge in [0.2, 0.25) is 0 Å². The first kappa shape index (κ1) is 13.9. The molecule has 0 radical (unpaired) electrons. The zero-order valence-electron chi connectivity index (χ0n) is 12.9. The molecule has 0 saturated heterocycles. The summed E-state index contributed by atoms with van der Waals surface area (Å²) in [6, 6.07) is 4.14.